The summed E-state index contributed by atoms with van der Waals surface area (Å²) in [7, 11) is 0. The Labute approximate surface area is 91.8 Å². The predicted molar refractivity (Wildman–Crippen MR) is 59.7 cm³/mol. The third-order valence-corrected chi connectivity index (χ3v) is 4.99. The van der Waals surface area contributed by atoms with Crippen molar-refractivity contribution in [1.82, 2.24) is 4.90 Å². The van der Waals surface area contributed by atoms with Crippen molar-refractivity contribution in [2.24, 2.45) is 11.3 Å². The number of likely N-dealkylation sites (tertiary alicyclic amines) is 1. The van der Waals surface area contributed by atoms with Gasteiger partial charge in [0.05, 0.1) is 0 Å². The SMILES string of the molecule is ClC[C@@H]1CC[C@@]2(CCN(C3CC3)C2)C1. The zero-order valence-corrected chi connectivity index (χ0v) is 9.60. The molecule has 2 atom stereocenters. The average molecular weight is 214 g/mol. The van der Waals surface area contributed by atoms with E-state index in [4.69, 9.17) is 11.6 Å². The van der Waals surface area contributed by atoms with E-state index in [1.807, 2.05) is 0 Å². The average Bonchev–Trinajstić information content (AvgIpc) is 2.87. The van der Waals surface area contributed by atoms with E-state index in [9.17, 15) is 0 Å². The Morgan fingerprint density at radius 3 is 2.71 bits per heavy atom. The lowest BCUT2D eigenvalue weighted by Gasteiger charge is -2.24. The molecule has 2 aliphatic carbocycles. The Hall–Kier alpha value is 0.250. The van der Waals surface area contributed by atoms with Crippen molar-refractivity contribution in [3.05, 3.63) is 0 Å². The number of alkyl halides is 1. The fourth-order valence-electron chi connectivity index (χ4n) is 3.55. The summed E-state index contributed by atoms with van der Waals surface area (Å²) in [6.07, 6.45) is 8.65. The smallest absolute Gasteiger partial charge is 0.0251 e. The Bertz CT molecular complexity index is 226. The van der Waals surface area contributed by atoms with Crippen molar-refractivity contribution < 1.29 is 0 Å². The van der Waals surface area contributed by atoms with Crippen LogP contribution in [0.25, 0.3) is 0 Å². The second-order valence-electron chi connectivity index (χ2n) is 5.71. The summed E-state index contributed by atoms with van der Waals surface area (Å²) in [5, 5.41) is 0. The molecular weight excluding hydrogens is 194 g/mol. The van der Waals surface area contributed by atoms with Gasteiger partial charge in [0, 0.05) is 18.5 Å². The van der Waals surface area contributed by atoms with Gasteiger partial charge < -0.3 is 0 Å². The van der Waals surface area contributed by atoms with E-state index in [-0.39, 0.29) is 0 Å². The van der Waals surface area contributed by atoms with Gasteiger partial charge in [0.2, 0.25) is 0 Å². The van der Waals surface area contributed by atoms with Crippen LogP contribution >= 0.6 is 11.6 Å². The number of halogens is 1. The lowest BCUT2D eigenvalue weighted by molar-refractivity contribution is 0.250. The van der Waals surface area contributed by atoms with E-state index in [1.165, 1.54) is 51.6 Å². The van der Waals surface area contributed by atoms with E-state index < -0.39 is 0 Å². The maximum atomic E-state index is 5.97. The Balaban J connectivity index is 1.63. The zero-order chi connectivity index (χ0) is 9.60. The molecule has 1 saturated heterocycles. The molecule has 0 aromatic carbocycles. The van der Waals surface area contributed by atoms with Crippen LogP contribution in [0.15, 0.2) is 0 Å². The summed E-state index contributed by atoms with van der Waals surface area (Å²) in [6.45, 7) is 2.77. The highest BCUT2D eigenvalue weighted by atomic mass is 35.5. The maximum Gasteiger partial charge on any atom is 0.0251 e. The molecule has 2 saturated carbocycles. The molecule has 3 fully saturated rings. The van der Waals surface area contributed by atoms with Crippen molar-refractivity contribution in [1.29, 1.82) is 0 Å². The van der Waals surface area contributed by atoms with Crippen LogP contribution in [-0.4, -0.2) is 29.9 Å². The largest absolute Gasteiger partial charge is 0.300 e. The van der Waals surface area contributed by atoms with Crippen molar-refractivity contribution in [2.45, 2.75) is 44.6 Å². The number of hydrogen-bond donors (Lipinski definition) is 0. The molecule has 0 N–H and O–H groups in total. The first-order chi connectivity index (χ1) is 6.81. The summed E-state index contributed by atoms with van der Waals surface area (Å²) in [5.74, 6) is 1.72. The second-order valence-corrected chi connectivity index (χ2v) is 6.02. The summed E-state index contributed by atoms with van der Waals surface area (Å²) in [5.41, 5.74) is 0.697. The molecule has 3 rings (SSSR count). The molecule has 2 heteroatoms. The number of hydrogen-bond acceptors (Lipinski definition) is 1. The minimum atomic E-state index is 0.697. The van der Waals surface area contributed by atoms with Gasteiger partial charge in [-0.1, -0.05) is 0 Å². The highest BCUT2D eigenvalue weighted by Crippen LogP contribution is 2.50. The molecule has 0 aromatic heterocycles. The highest BCUT2D eigenvalue weighted by Gasteiger charge is 2.46. The third-order valence-electron chi connectivity index (χ3n) is 4.55. The van der Waals surface area contributed by atoms with Crippen LogP contribution < -0.4 is 0 Å². The van der Waals surface area contributed by atoms with Gasteiger partial charge in [0.1, 0.15) is 0 Å². The van der Waals surface area contributed by atoms with Gasteiger partial charge in [0.15, 0.2) is 0 Å². The van der Waals surface area contributed by atoms with Crippen LogP contribution in [0.5, 0.6) is 0 Å². The normalized spacial score (nSPS) is 43.9. The molecule has 0 unspecified atom stereocenters. The fourth-order valence-corrected chi connectivity index (χ4v) is 3.81. The minimum absolute atomic E-state index is 0.697. The summed E-state index contributed by atoms with van der Waals surface area (Å²) < 4.78 is 0. The molecule has 1 spiro atoms. The molecule has 1 aliphatic heterocycles. The first-order valence-electron chi connectivity index (χ1n) is 6.11. The Kier molecular flexibility index (Phi) is 2.29. The third kappa shape index (κ3) is 1.59. The van der Waals surface area contributed by atoms with Gasteiger partial charge in [-0.15, -0.1) is 11.6 Å². The number of rotatable bonds is 2. The van der Waals surface area contributed by atoms with Gasteiger partial charge in [0.25, 0.3) is 0 Å². The topological polar surface area (TPSA) is 3.24 Å². The summed E-state index contributed by atoms with van der Waals surface area (Å²) in [4.78, 5) is 2.75. The van der Waals surface area contributed by atoms with E-state index in [0.717, 1.165) is 17.8 Å². The van der Waals surface area contributed by atoms with Crippen LogP contribution in [-0.2, 0) is 0 Å². The monoisotopic (exact) mass is 213 g/mol. The first kappa shape index (κ1) is 9.47. The quantitative estimate of drug-likeness (QED) is 0.638. The lowest BCUT2D eigenvalue weighted by Crippen LogP contribution is -2.27. The summed E-state index contributed by atoms with van der Waals surface area (Å²) in [6, 6.07) is 0.976. The van der Waals surface area contributed by atoms with Crippen molar-refractivity contribution in [3.63, 3.8) is 0 Å². The lowest BCUT2D eigenvalue weighted by atomic mass is 9.85. The van der Waals surface area contributed by atoms with E-state index in [2.05, 4.69) is 4.90 Å². The van der Waals surface area contributed by atoms with Gasteiger partial charge in [-0.25, -0.2) is 0 Å². The molecule has 80 valence electrons. The van der Waals surface area contributed by atoms with Crippen molar-refractivity contribution >= 4 is 11.6 Å². The van der Waals surface area contributed by atoms with Crippen LogP contribution in [0.1, 0.15) is 38.5 Å². The zero-order valence-electron chi connectivity index (χ0n) is 8.84. The standard InChI is InChI=1S/C12H20ClN/c13-8-10-3-4-12(7-10)5-6-14(9-12)11-1-2-11/h10-11H,1-9H2/t10-,12-/m1/s1. The van der Waals surface area contributed by atoms with Gasteiger partial charge in [-0.2, -0.15) is 0 Å². The number of nitrogens with zero attached hydrogens (tertiary/aromatic N) is 1. The molecule has 3 aliphatic rings. The minimum Gasteiger partial charge on any atom is -0.300 e. The fraction of sp³-hybridized carbons (Fsp3) is 1.00. The van der Waals surface area contributed by atoms with Gasteiger partial charge in [-0.05, 0) is 56.4 Å². The van der Waals surface area contributed by atoms with Gasteiger partial charge >= 0.3 is 0 Å². The second kappa shape index (κ2) is 3.38. The van der Waals surface area contributed by atoms with Crippen LogP contribution in [0.4, 0.5) is 0 Å². The Morgan fingerprint density at radius 1 is 1.21 bits per heavy atom. The maximum absolute atomic E-state index is 5.97. The summed E-state index contributed by atoms with van der Waals surface area (Å²) >= 11 is 5.97. The molecule has 1 nitrogen and oxygen atoms in total. The van der Waals surface area contributed by atoms with Crippen LogP contribution in [0.3, 0.4) is 0 Å². The molecule has 0 amide bonds. The Morgan fingerprint density at radius 2 is 2.07 bits per heavy atom. The highest BCUT2D eigenvalue weighted by molar-refractivity contribution is 6.18. The van der Waals surface area contributed by atoms with Gasteiger partial charge in [-0.3, -0.25) is 4.90 Å². The molecule has 14 heavy (non-hydrogen) atoms. The van der Waals surface area contributed by atoms with E-state index in [0.29, 0.717) is 5.41 Å². The van der Waals surface area contributed by atoms with Crippen LogP contribution in [0, 0.1) is 11.3 Å². The van der Waals surface area contributed by atoms with Crippen molar-refractivity contribution in [2.75, 3.05) is 19.0 Å². The molecule has 0 radical (unpaired) electrons. The molecule has 0 bridgehead atoms. The van der Waals surface area contributed by atoms with Crippen LogP contribution in [0.2, 0.25) is 0 Å². The molecule has 0 aromatic rings. The first-order valence-corrected chi connectivity index (χ1v) is 6.65. The predicted octanol–water partition coefficient (Wildman–Crippen LogP) is 2.88. The van der Waals surface area contributed by atoms with Crippen molar-refractivity contribution in [3.8, 4) is 0 Å². The molecular formula is C12H20ClN. The van der Waals surface area contributed by atoms with E-state index >= 15 is 0 Å². The van der Waals surface area contributed by atoms with E-state index in [1.54, 1.807) is 0 Å². The molecule has 1 heterocycles.